The van der Waals surface area contributed by atoms with E-state index in [0.29, 0.717) is 23.8 Å². The van der Waals surface area contributed by atoms with Crippen molar-refractivity contribution in [3.8, 4) is 0 Å². The van der Waals surface area contributed by atoms with Crippen molar-refractivity contribution in [2.75, 3.05) is 5.75 Å². The lowest BCUT2D eigenvalue weighted by Gasteiger charge is -2.23. The van der Waals surface area contributed by atoms with Crippen LogP contribution in [0.5, 0.6) is 0 Å². The predicted molar refractivity (Wildman–Crippen MR) is 61.7 cm³/mol. The van der Waals surface area contributed by atoms with Gasteiger partial charge in [-0.05, 0) is 23.3 Å². The van der Waals surface area contributed by atoms with E-state index in [1.54, 1.807) is 0 Å². The topological polar surface area (TPSA) is 101 Å². The monoisotopic (exact) mass is 260 g/mol. The van der Waals surface area contributed by atoms with Crippen LogP contribution >= 0.6 is 11.8 Å². The number of carbonyl (C=O) groups is 1. The number of aliphatic carboxylic acids is 1. The van der Waals surface area contributed by atoms with E-state index in [1.165, 1.54) is 16.4 Å². The third-order valence-corrected chi connectivity index (χ3v) is 3.80. The van der Waals surface area contributed by atoms with Gasteiger partial charge in [0.15, 0.2) is 0 Å². The highest BCUT2D eigenvalue weighted by Crippen LogP contribution is 2.24. The fourth-order valence-corrected chi connectivity index (χ4v) is 2.33. The molecule has 0 atom stereocenters. The number of thioether (sulfide) groups is 1. The number of aromatic nitrogens is 4. The van der Waals surface area contributed by atoms with Gasteiger partial charge >= 0.3 is 5.97 Å². The summed E-state index contributed by atoms with van der Waals surface area (Å²) in [6.07, 6.45) is 1.27. The molecule has 0 aliphatic carbocycles. The number of aliphatic hydroxyl groups is 1. The van der Waals surface area contributed by atoms with Crippen molar-refractivity contribution in [1.82, 2.24) is 20.2 Å². The normalized spacial score (nSPS) is 11.7. The standard InChI is InChI=1S/C9H16N4O3S/c1-3-9(16,4-2)6-17-8-10-11-12-13(8)5-7(14)15/h16H,3-6H2,1-2H3,(H,14,15). The molecule has 0 radical (unpaired) electrons. The van der Waals surface area contributed by atoms with Gasteiger partial charge in [-0.25, -0.2) is 4.68 Å². The van der Waals surface area contributed by atoms with Gasteiger partial charge in [0.05, 0.1) is 5.60 Å². The summed E-state index contributed by atoms with van der Waals surface area (Å²) in [5, 5.41) is 29.9. The van der Waals surface area contributed by atoms with Crippen LogP contribution in [0, 0.1) is 0 Å². The molecule has 96 valence electrons. The second-order valence-electron chi connectivity index (χ2n) is 3.73. The number of hydrogen-bond donors (Lipinski definition) is 2. The number of hydrogen-bond acceptors (Lipinski definition) is 6. The summed E-state index contributed by atoms with van der Waals surface area (Å²) in [5.74, 6) is -0.555. The Morgan fingerprint density at radius 1 is 1.47 bits per heavy atom. The maximum absolute atomic E-state index is 10.6. The molecule has 0 unspecified atom stereocenters. The molecule has 0 amide bonds. The lowest BCUT2D eigenvalue weighted by atomic mass is 10.0. The quantitative estimate of drug-likeness (QED) is 0.684. The van der Waals surface area contributed by atoms with Crippen molar-refractivity contribution in [1.29, 1.82) is 0 Å². The molecule has 0 saturated heterocycles. The smallest absolute Gasteiger partial charge is 0.325 e. The average molecular weight is 260 g/mol. The minimum atomic E-state index is -1.000. The minimum absolute atomic E-state index is 0.272. The van der Waals surface area contributed by atoms with Crippen LogP contribution in [0.4, 0.5) is 0 Å². The highest BCUT2D eigenvalue weighted by molar-refractivity contribution is 7.99. The first kappa shape index (κ1) is 13.9. The lowest BCUT2D eigenvalue weighted by Crippen LogP contribution is -2.29. The minimum Gasteiger partial charge on any atom is -0.480 e. The maximum atomic E-state index is 10.6. The second-order valence-corrected chi connectivity index (χ2v) is 4.68. The molecule has 0 spiro atoms. The van der Waals surface area contributed by atoms with Gasteiger partial charge in [-0.1, -0.05) is 25.6 Å². The summed E-state index contributed by atoms with van der Waals surface area (Å²) in [7, 11) is 0. The Morgan fingerprint density at radius 3 is 2.65 bits per heavy atom. The fourth-order valence-electron chi connectivity index (χ4n) is 1.18. The van der Waals surface area contributed by atoms with Crippen LogP contribution in [0.1, 0.15) is 26.7 Å². The highest BCUT2D eigenvalue weighted by atomic mass is 32.2. The molecule has 0 aliphatic rings. The molecule has 1 rings (SSSR count). The SMILES string of the molecule is CCC(O)(CC)CSc1nnnn1CC(=O)O. The number of carboxylic acid groups (broad SMARTS) is 1. The zero-order valence-electron chi connectivity index (χ0n) is 9.83. The van der Waals surface area contributed by atoms with E-state index < -0.39 is 11.6 Å². The van der Waals surface area contributed by atoms with Gasteiger partial charge in [-0.3, -0.25) is 4.79 Å². The van der Waals surface area contributed by atoms with Gasteiger partial charge in [0, 0.05) is 5.75 Å². The molecular formula is C9H16N4O3S. The second kappa shape index (κ2) is 5.97. The predicted octanol–water partition coefficient (Wildman–Crippen LogP) is 0.401. The van der Waals surface area contributed by atoms with Crippen LogP contribution < -0.4 is 0 Å². The average Bonchev–Trinajstić information content (AvgIpc) is 2.72. The molecular weight excluding hydrogens is 244 g/mol. The molecule has 0 aliphatic heterocycles. The van der Waals surface area contributed by atoms with Crippen molar-refractivity contribution in [2.24, 2.45) is 0 Å². The first-order valence-electron chi connectivity index (χ1n) is 5.34. The summed E-state index contributed by atoms with van der Waals surface area (Å²) in [6.45, 7) is 3.54. The molecule has 0 aromatic carbocycles. The van der Waals surface area contributed by atoms with Gasteiger partial charge in [0.1, 0.15) is 6.54 Å². The summed E-state index contributed by atoms with van der Waals surface area (Å²) in [4.78, 5) is 10.6. The number of nitrogens with zero attached hydrogens (tertiary/aromatic N) is 4. The highest BCUT2D eigenvalue weighted by Gasteiger charge is 2.24. The summed E-state index contributed by atoms with van der Waals surface area (Å²) in [6, 6.07) is 0. The Balaban J connectivity index is 2.63. The van der Waals surface area contributed by atoms with Gasteiger partial charge in [0.2, 0.25) is 5.16 Å². The van der Waals surface area contributed by atoms with Crippen molar-refractivity contribution in [3.63, 3.8) is 0 Å². The van der Waals surface area contributed by atoms with E-state index in [0.717, 1.165) is 0 Å². The number of carboxylic acids is 1. The van der Waals surface area contributed by atoms with E-state index in [-0.39, 0.29) is 6.54 Å². The van der Waals surface area contributed by atoms with E-state index in [2.05, 4.69) is 15.5 Å². The first-order chi connectivity index (χ1) is 8.00. The van der Waals surface area contributed by atoms with Crippen molar-refractivity contribution in [2.45, 2.75) is 44.0 Å². The molecule has 0 bridgehead atoms. The van der Waals surface area contributed by atoms with E-state index >= 15 is 0 Å². The Kier molecular flexibility index (Phi) is 4.88. The van der Waals surface area contributed by atoms with Crippen molar-refractivity contribution < 1.29 is 15.0 Å². The van der Waals surface area contributed by atoms with Crippen molar-refractivity contribution >= 4 is 17.7 Å². The molecule has 0 saturated carbocycles. The van der Waals surface area contributed by atoms with E-state index in [1.807, 2.05) is 13.8 Å². The van der Waals surface area contributed by atoms with E-state index in [9.17, 15) is 9.90 Å². The molecule has 7 nitrogen and oxygen atoms in total. The lowest BCUT2D eigenvalue weighted by molar-refractivity contribution is -0.138. The van der Waals surface area contributed by atoms with Crippen LogP contribution in [-0.4, -0.2) is 47.7 Å². The van der Waals surface area contributed by atoms with Crippen molar-refractivity contribution in [3.05, 3.63) is 0 Å². The third kappa shape index (κ3) is 3.97. The molecule has 1 aromatic rings. The van der Waals surface area contributed by atoms with E-state index in [4.69, 9.17) is 5.11 Å². The molecule has 0 fully saturated rings. The summed E-state index contributed by atoms with van der Waals surface area (Å²) < 4.78 is 1.21. The van der Waals surface area contributed by atoms with Crippen LogP contribution in [0.25, 0.3) is 0 Å². The Labute approximate surface area is 103 Å². The summed E-state index contributed by atoms with van der Waals surface area (Å²) >= 11 is 1.27. The van der Waals surface area contributed by atoms with Gasteiger partial charge in [-0.2, -0.15) is 0 Å². The molecule has 8 heteroatoms. The van der Waals surface area contributed by atoms with Crippen LogP contribution in [0.2, 0.25) is 0 Å². The first-order valence-corrected chi connectivity index (χ1v) is 6.32. The maximum Gasteiger partial charge on any atom is 0.325 e. The van der Waals surface area contributed by atoms with Gasteiger partial charge < -0.3 is 10.2 Å². The van der Waals surface area contributed by atoms with Gasteiger partial charge in [-0.15, -0.1) is 5.10 Å². The van der Waals surface area contributed by atoms with Crippen LogP contribution in [-0.2, 0) is 11.3 Å². The number of rotatable bonds is 7. The molecule has 1 aromatic heterocycles. The fraction of sp³-hybridized carbons (Fsp3) is 0.778. The molecule has 2 N–H and O–H groups in total. The molecule has 1 heterocycles. The van der Waals surface area contributed by atoms with Gasteiger partial charge in [0.25, 0.3) is 0 Å². The number of tetrazole rings is 1. The third-order valence-electron chi connectivity index (χ3n) is 2.57. The zero-order valence-corrected chi connectivity index (χ0v) is 10.6. The summed E-state index contributed by atoms with van der Waals surface area (Å²) in [5.41, 5.74) is -0.759. The largest absolute Gasteiger partial charge is 0.480 e. The molecule has 17 heavy (non-hydrogen) atoms. The van der Waals surface area contributed by atoms with Crippen LogP contribution in [0.3, 0.4) is 0 Å². The Hall–Kier alpha value is -1.15. The Bertz CT molecular complexity index is 378. The van der Waals surface area contributed by atoms with Crippen LogP contribution in [0.15, 0.2) is 5.16 Å². The zero-order chi connectivity index (χ0) is 12.9. The Morgan fingerprint density at radius 2 is 2.12 bits per heavy atom.